The molecule has 0 aliphatic carbocycles. The summed E-state index contributed by atoms with van der Waals surface area (Å²) in [6.45, 7) is 5.69. The molecule has 1 N–H and O–H groups in total. The molecule has 0 radical (unpaired) electrons. The Morgan fingerprint density at radius 3 is 2.79 bits per heavy atom. The number of H-pyrrole nitrogens is 1. The Hall–Kier alpha value is -2.79. The second kappa shape index (κ2) is 8.29. The SMILES string of the molecule is CC(C)COC(=O)N1CC=C(c2c[nH]c3c(Cl)nc(-c4ccccc4)cc23)CC1. The molecule has 3 heterocycles. The van der Waals surface area contributed by atoms with Crippen LogP contribution in [-0.4, -0.2) is 40.7 Å². The smallest absolute Gasteiger partial charge is 0.410 e. The number of rotatable bonds is 4. The van der Waals surface area contributed by atoms with Crippen LogP contribution in [0.15, 0.2) is 48.7 Å². The third-order valence-corrected chi connectivity index (χ3v) is 5.32. The first-order chi connectivity index (χ1) is 14.0. The molecule has 1 aliphatic rings. The van der Waals surface area contributed by atoms with Crippen LogP contribution in [0.25, 0.3) is 27.7 Å². The van der Waals surface area contributed by atoms with Crippen molar-refractivity contribution < 1.29 is 9.53 Å². The summed E-state index contributed by atoms with van der Waals surface area (Å²) in [5.74, 6) is 0.332. The fourth-order valence-electron chi connectivity index (χ4n) is 3.52. The van der Waals surface area contributed by atoms with Crippen LogP contribution >= 0.6 is 11.6 Å². The Morgan fingerprint density at radius 2 is 2.10 bits per heavy atom. The average Bonchev–Trinajstić information content (AvgIpc) is 3.17. The van der Waals surface area contributed by atoms with E-state index in [4.69, 9.17) is 16.3 Å². The van der Waals surface area contributed by atoms with Gasteiger partial charge in [-0.05, 0) is 24.0 Å². The molecule has 0 fully saturated rings. The van der Waals surface area contributed by atoms with Gasteiger partial charge in [0.1, 0.15) is 0 Å². The van der Waals surface area contributed by atoms with Crippen molar-refractivity contribution in [3.8, 4) is 11.3 Å². The normalized spacial score (nSPS) is 14.3. The molecule has 0 unspecified atom stereocenters. The fourth-order valence-corrected chi connectivity index (χ4v) is 3.76. The highest BCUT2D eigenvalue weighted by Gasteiger charge is 2.21. The zero-order valence-electron chi connectivity index (χ0n) is 16.6. The van der Waals surface area contributed by atoms with Gasteiger partial charge in [-0.3, -0.25) is 0 Å². The van der Waals surface area contributed by atoms with E-state index in [9.17, 15) is 4.79 Å². The number of halogens is 1. The molecule has 4 rings (SSSR count). The summed E-state index contributed by atoms with van der Waals surface area (Å²) < 4.78 is 5.35. The van der Waals surface area contributed by atoms with E-state index in [0.29, 0.717) is 30.8 Å². The van der Waals surface area contributed by atoms with E-state index in [-0.39, 0.29) is 6.09 Å². The molecule has 1 aromatic carbocycles. The maximum atomic E-state index is 12.2. The minimum Gasteiger partial charge on any atom is -0.449 e. The molecule has 150 valence electrons. The summed E-state index contributed by atoms with van der Waals surface area (Å²) in [6.07, 6.45) is 4.60. The number of benzene rings is 1. The van der Waals surface area contributed by atoms with Crippen LogP contribution in [0.3, 0.4) is 0 Å². The molecule has 0 bridgehead atoms. The van der Waals surface area contributed by atoms with Gasteiger partial charge in [0.15, 0.2) is 5.15 Å². The number of ether oxygens (including phenoxy) is 1. The summed E-state index contributed by atoms with van der Waals surface area (Å²) in [5, 5.41) is 1.51. The number of carbonyl (C=O) groups excluding carboxylic acids is 1. The Morgan fingerprint density at radius 1 is 1.31 bits per heavy atom. The quantitative estimate of drug-likeness (QED) is 0.557. The summed E-state index contributed by atoms with van der Waals surface area (Å²) in [4.78, 5) is 21.7. The number of hydrogen-bond donors (Lipinski definition) is 1. The van der Waals surface area contributed by atoms with Gasteiger partial charge in [-0.15, -0.1) is 0 Å². The standard InChI is InChI=1S/C23H24ClN3O2/c1-15(2)14-29-23(28)27-10-8-16(9-11-27)19-13-25-21-18(19)12-20(26-22(21)24)17-6-4-3-5-7-17/h3-8,12-13,15,25H,9-11,14H2,1-2H3. The van der Waals surface area contributed by atoms with Crippen molar-refractivity contribution in [3.05, 3.63) is 59.4 Å². The zero-order valence-corrected chi connectivity index (χ0v) is 17.4. The van der Waals surface area contributed by atoms with Gasteiger partial charge in [-0.25, -0.2) is 9.78 Å². The first-order valence-corrected chi connectivity index (χ1v) is 10.2. The number of hydrogen-bond acceptors (Lipinski definition) is 3. The van der Waals surface area contributed by atoms with E-state index in [2.05, 4.69) is 22.1 Å². The number of aromatic nitrogens is 2. The monoisotopic (exact) mass is 409 g/mol. The first kappa shape index (κ1) is 19.5. The summed E-state index contributed by atoms with van der Waals surface area (Å²) in [5.41, 5.74) is 5.02. The molecule has 3 aromatic rings. The highest BCUT2D eigenvalue weighted by atomic mass is 35.5. The predicted molar refractivity (Wildman–Crippen MR) is 117 cm³/mol. The van der Waals surface area contributed by atoms with Gasteiger partial charge in [0, 0.05) is 35.8 Å². The maximum Gasteiger partial charge on any atom is 0.410 e. The predicted octanol–water partition coefficient (Wildman–Crippen LogP) is 5.77. The van der Waals surface area contributed by atoms with E-state index in [1.165, 1.54) is 5.57 Å². The van der Waals surface area contributed by atoms with Gasteiger partial charge in [0.05, 0.1) is 17.8 Å². The highest BCUT2D eigenvalue weighted by Crippen LogP contribution is 2.34. The van der Waals surface area contributed by atoms with E-state index < -0.39 is 0 Å². The Kier molecular flexibility index (Phi) is 5.58. The number of amides is 1. The summed E-state index contributed by atoms with van der Waals surface area (Å²) in [6, 6.07) is 12.1. The van der Waals surface area contributed by atoms with Crippen LogP contribution in [0.1, 0.15) is 25.8 Å². The second-order valence-electron chi connectivity index (χ2n) is 7.69. The molecule has 0 atom stereocenters. The number of carbonyl (C=O) groups is 1. The molecule has 1 amide bonds. The number of aromatic amines is 1. The average molecular weight is 410 g/mol. The van der Waals surface area contributed by atoms with Crippen LogP contribution in [0.2, 0.25) is 5.15 Å². The molecular formula is C23H24ClN3O2. The molecule has 0 saturated carbocycles. The lowest BCUT2D eigenvalue weighted by Crippen LogP contribution is -2.35. The van der Waals surface area contributed by atoms with Gasteiger partial charge in [0.25, 0.3) is 0 Å². The third-order valence-electron chi connectivity index (χ3n) is 5.05. The number of nitrogens with one attached hydrogen (secondary N) is 1. The second-order valence-corrected chi connectivity index (χ2v) is 8.04. The van der Waals surface area contributed by atoms with Crippen molar-refractivity contribution in [1.82, 2.24) is 14.9 Å². The first-order valence-electron chi connectivity index (χ1n) is 9.87. The largest absolute Gasteiger partial charge is 0.449 e. The van der Waals surface area contributed by atoms with Crippen molar-refractivity contribution in [2.24, 2.45) is 5.92 Å². The minimum atomic E-state index is -0.244. The lowest BCUT2D eigenvalue weighted by atomic mass is 9.98. The van der Waals surface area contributed by atoms with Gasteiger partial charge in [-0.1, -0.05) is 61.9 Å². The van der Waals surface area contributed by atoms with E-state index in [1.807, 2.05) is 50.4 Å². The molecule has 2 aromatic heterocycles. The lowest BCUT2D eigenvalue weighted by molar-refractivity contribution is 0.0954. The van der Waals surface area contributed by atoms with Crippen molar-refractivity contribution >= 4 is 34.2 Å². The van der Waals surface area contributed by atoms with Gasteiger partial charge in [0.2, 0.25) is 0 Å². The molecule has 0 spiro atoms. The van der Waals surface area contributed by atoms with Crippen molar-refractivity contribution in [2.45, 2.75) is 20.3 Å². The van der Waals surface area contributed by atoms with Crippen molar-refractivity contribution in [1.29, 1.82) is 0 Å². The van der Waals surface area contributed by atoms with Crippen LogP contribution in [0.4, 0.5) is 4.79 Å². The van der Waals surface area contributed by atoms with Gasteiger partial charge in [-0.2, -0.15) is 0 Å². The van der Waals surface area contributed by atoms with Crippen molar-refractivity contribution in [3.63, 3.8) is 0 Å². The molecule has 6 heteroatoms. The number of nitrogens with zero attached hydrogens (tertiary/aromatic N) is 2. The van der Waals surface area contributed by atoms with Gasteiger partial charge < -0.3 is 14.6 Å². The topological polar surface area (TPSA) is 58.2 Å². The Bertz CT molecular complexity index is 1060. The number of pyridine rings is 1. The molecule has 29 heavy (non-hydrogen) atoms. The minimum absolute atomic E-state index is 0.244. The van der Waals surface area contributed by atoms with Gasteiger partial charge >= 0.3 is 6.09 Å². The zero-order chi connectivity index (χ0) is 20.4. The summed E-state index contributed by atoms with van der Waals surface area (Å²) >= 11 is 6.46. The highest BCUT2D eigenvalue weighted by molar-refractivity contribution is 6.34. The molecular weight excluding hydrogens is 386 g/mol. The van der Waals surface area contributed by atoms with E-state index in [1.54, 1.807) is 4.90 Å². The molecule has 1 aliphatic heterocycles. The fraction of sp³-hybridized carbons (Fsp3) is 0.304. The maximum absolute atomic E-state index is 12.2. The number of fused-ring (bicyclic) bond motifs is 1. The van der Waals surface area contributed by atoms with E-state index in [0.717, 1.165) is 34.1 Å². The molecule has 0 saturated heterocycles. The van der Waals surface area contributed by atoms with E-state index >= 15 is 0 Å². The van der Waals surface area contributed by atoms with Crippen LogP contribution in [-0.2, 0) is 4.74 Å². The van der Waals surface area contributed by atoms with Crippen LogP contribution < -0.4 is 0 Å². The summed E-state index contributed by atoms with van der Waals surface area (Å²) in [7, 11) is 0. The Balaban J connectivity index is 1.60. The third kappa shape index (κ3) is 4.15. The van der Waals surface area contributed by atoms with Crippen LogP contribution in [0, 0.1) is 5.92 Å². The lowest BCUT2D eigenvalue weighted by Gasteiger charge is -2.26. The Labute approximate surface area is 175 Å². The van der Waals surface area contributed by atoms with Crippen molar-refractivity contribution in [2.75, 3.05) is 19.7 Å². The van der Waals surface area contributed by atoms with Crippen LogP contribution in [0.5, 0.6) is 0 Å². The molecule has 5 nitrogen and oxygen atoms in total.